The summed E-state index contributed by atoms with van der Waals surface area (Å²) < 4.78 is 13.4. The highest BCUT2D eigenvalue weighted by atomic mass is 17.2. The van der Waals surface area contributed by atoms with Crippen molar-refractivity contribution in [1.29, 1.82) is 0 Å². The maximum atomic E-state index is 13.3. The van der Waals surface area contributed by atoms with Crippen molar-refractivity contribution in [3.8, 4) is 5.75 Å². The van der Waals surface area contributed by atoms with Gasteiger partial charge < -0.3 is 40.0 Å². The number of amides is 1. The third-order valence-corrected chi connectivity index (χ3v) is 10.5. The van der Waals surface area contributed by atoms with Crippen molar-refractivity contribution < 1.29 is 54.2 Å². The minimum atomic E-state index is -1.81. The molecular weight excluding hydrogens is 626 g/mol. The minimum Gasteiger partial charge on any atom is -0.478 e. The summed E-state index contributed by atoms with van der Waals surface area (Å²) in [5, 5.41) is 53.0. The summed E-state index contributed by atoms with van der Waals surface area (Å²) in [6, 6.07) is 3.23. The number of aryl methyl sites for hydroxylation is 1. The predicted octanol–water partition coefficient (Wildman–Crippen LogP) is -0.764. The van der Waals surface area contributed by atoms with Crippen LogP contribution in [0.1, 0.15) is 43.4 Å². The quantitative estimate of drug-likeness (QED) is 0.124. The zero-order valence-corrected chi connectivity index (χ0v) is 26.6. The molecule has 9 unspecified atom stereocenters. The van der Waals surface area contributed by atoms with E-state index in [1.54, 1.807) is 19.2 Å². The first-order chi connectivity index (χ1) is 23.1. The third-order valence-electron chi connectivity index (χ3n) is 10.5. The molecule has 5 heterocycles. The molecule has 1 saturated carbocycles. The number of nitrogens with one attached hydrogen (secondary N) is 2. The van der Waals surface area contributed by atoms with Crippen LogP contribution in [0.3, 0.4) is 0 Å². The molecule has 0 bridgehead atoms. The number of carbonyl (C=O) groups excluding carboxylic acids is 1. The Hall–Kier alpha value is -3.47. The van der Waals surface area contributed by atoms with E-state index in [-0.39, 0.29) is 29.6 Å². The predicted molar refractivity (Wildman–Crippen MR) is 169 cm³/mol. The molecule has 1 aliphatic carbocycles. The average molecular weight is 669 g/mol. The first-order valence-corrected chi connectivity index (χ1v) is 16.6. The Bertz CT molecular complexity index is 1740. The van der Waals surface area contributed by atoms with Crippen molar-refractivity contribution in [1.82, 2.24) is 5.32 Å². The SMILES string of the molecule is Cc1cc(=O)c2cc3c(c([NH+]4C=C5N=CC=C5C4)c2o1)OC1(CCCC(C2CNC(=O)C2)C1)C(OOCC(O)C(O)C(O)C(O)CO)C3. The molecule has 1 saturated heterocycles. The molecule has 14 heteroatoms. The second-order valence-electron chi connectivity index (χ2n) is 13.7. The van der Waals surface area contributed by atoms with Crippen LogP contribution in [-0.4, -0.2) is 100 Å². The fourth-order valence-electron chi connectivity index (χ4n) is 7.93. The number of fused-ring (bicyclic) bond motifs is 3. The van der Waals surface area contributed by atoms with Gasteiger partial charge in [-0.05, 0) is 56.6 Å². The highest BCUT2D eigenvalue weighted by molar-refractivity contribution is 5.90. The van der Waals surface area contributed by atoms with E-state index in [4.69, 9.17) is 24.0 Å². The lowest BCUT2D eigenvalue weighted by Gasteiger charge is -2.49. The summed E-state index contributed by atoms with van der Waals surface area (Å²) >= 11 is 0. The van der Waals surface area contributed by atoms with E-state index in [0.717, 1.165) is 34.6 Å². The first kappa shape index (κ1) is 33.0. The molecular formula is C34H42N3O11+. The highest BCUT2D eigenvalue weighted by Crippen LogP contribution is 2.50. The van der Waals surface area contributed by atoms with E-state index in [1.807, 2.05) is 12.3 Å². The molecule has 9 atom stereocenters. The molecule has 2 fully saturated rings. The van der Waals surface area contributed by atoms with Crippen LogP contribution in [0.5, 0.6) is 5.75 Å². The molecule has 1 spiro atoms. The average Bonchev–Trinajstić information content (AvgIpc) is 3.80. The Labute approximate surface area is 275 Å². The molecule has 258 valence electrons. The number of aliphatic hydroxyl groups excluding tert-OH is 5. The van der Waals surface area contributed by atoms with Gasteiger partial charge in [-0.1, -0.05) is 0 Å². The zero-order valence-electron chi connectivity index (χ0n) is 26.6. The molecule has 0 radical (unpaired) electrons. The zero-order chi connectivity index (χ0) is 33.7. The largest absolute Gasteiger partial charge is 0.478 e. The molecule has 7 rings (SSSR count). The van der Waals surface area contributed by atoms with Crippen LogP contribution in [0.4, 0.5) is 5.69 Å². The molecule has 4 aliphatic heterocycles. The number of hydrogen-bond donors (Lipinski definition) is 7. The second-order valence-corrected chi connectivity index (χ2v) is 13.7. The number of aliphatic hydroxyl groups is 5. The number of allylic oxidation sites excluding steroid dienone is 1. The molecule has 2 aromatic rings. The van der Waals surface area contributed by atoms with Crippen molar-refractivity contribution in [3.05, 3.63) is 57.2 Å². The Balaban J connectivity index is 1.25. The van der Waals surface area contributed by atoms with Gasteiger partial charge in [0.2, 0.25) is 17.2 Å². The Morgan fingerprint density at radius 2 is 1.94 bits per heavy atom. The minimum absolute atomic E-state index is 0.0269. The van der Waals surface area contributed by atoms with E-state index in [0.29, 0.717) is 60.5 Å². The van der Waals surface area contributed by atoms with Crippen LogP contribution in [0.2, 0.25) is 0 Å². The van der Waals surface area contributed by atoms with Gasteiger partial charge in [0.25, 0.3) is 0 Å². The van der Waals surface area contributed by atoms with Crippen molar-refractivity contribution in [3.63, 3.8) is 0 Å². The van der Waals surface area contributed by atoms with Crippen LogP contribution in [0.25, 0.3) is 11.0 Å². The smallest absolute Gasteiger partial charge is 0.222 e. The van der Waals surface area contributed by atoms with Gasteiger partial charge in [0.15, 0.2) is 11.2 Å². The van der Waals surface area contributed by atoms with Crippen LogP contribution < -0.4 is 20.4 Å². The van der Waals surface area contributed by atoms with Crippen molar-refractivity contribution >= 4 is 28.8 Å². The first-order valence-electron chi connectivity index (χ1n) is 16.6. The molecule has 1 amide bonds. The van der Waals surface area contributed by atoms with E-state index in [9.17, 15) is 30.0 Å². The van der Waals surface area contributed by atoms with E-state index < -0.39 is 49.3 Å². The Morgan fingerprint density at radius 3 is 2.69 bits per heavy atom. The number of aliphatic imine (C=N–C) groups is 1. The van der Waals surface area contributed by atoms with Gasteiger partial charge in [-0.2, -0.15) is 0 Å². The van der Waals surface area contributed by atoms with Gasteiger partial charge >= 0.3 is 0 Å². The molecule has 48 heavy (non-hydrogen) atoms. The summed E-state index contributed by atoms with van der Waals surface area (Å²) in [6.07, 6.45) is 1.73. The fraction of sp³-hybridized carbons (Fsp3) is 0.559. The topological polar surface area (TPSA) is 205 Å². The summed E-state index contributed by atoms with van der Waals surface area (Å²) in [4.78, 5) is 42.4. The van der Waals surface area contributed by atoms with Gasteiger partial charge in [-0.15, -0.1) is 0 Å². The Morgan fingerprint density at radius 1 is 1.12 bits per heavy atom. The number of hydrogen-bond acceptors (Lipinski definition) is 12. The fourth-order valence-corrected chi connectivity index (χ4v) is 7.93. The van der Waals surface area contributed by atoms with Gasteiger partial charge in [-0.3, -0.25) is 19.5 Å². The van der Waals surface area contributed by atoms with Crippen molar-refractivity contribution in [2.24, 2.45) is 16.8 Å². The standard InChI is InChI=1S/C34H41N3O11/c1-17-7-24(39)22-8-20-9-27(48-45-16-26(41)31(44)30(43)25(40)15-38)34(5-2-3-18(11-34)21-10-28(42)36-12-21)47-32(20)29(33(22)46-17)37-13-19-4-6-35-23(19)14-37/h4,6-8,14,18,21,25-27,30-31,38,40-41,43-44H,2-3,5,9-13,15-16H2,1H3,(H,36,42)/p+1. The number of benzene rings is 1. The lowest BCUT2D eigenvalue weighted by Crippen LogP contribution is -3.01. The summed E-state index contributed by atoms with van der Waals surface area (Å²) in [6.45, 7) is 1.57. The third kappa shape index (κ3) is 6.00. The van der Waals surface area contributed by atoms with E-state index in [1.165, 1.54) is 6.07 Å². The summed E-state index contributed by atoms with van der Waals surface area (Å²) in [5.74, 6) is 1.39. The highest BCUT2D eigenvalue weighted by Gasteiger charge is 2.53. The van der Waals surface area contributed by atoms with Crippen molar-refractivity contribution in [2.45, 2.75) is 81.6 Å². The van der Waals surface area contributed by atoms with Crippen LogP contribution in [-0.2, 0) is 21.0 Å². The normalized spacial score (nSPS) is 30.3. The molecule has 14 nitrogen and oxygen atoms in total. The van der Waals surface area contributed by atoms with Crippen molar-refractivity contribution in [2.75, 3.05) is 26.3 Å². The van der Waals surface area contributed by atoms with Gasteiger partial charge in [0.05, 0.1) is 12.0 Å². The molecule has 1 aromatic carbocycles. The summed E-state index contributed by atoms with van der Waals surface area (Å²) in [5.41, 5.74) is 2.69. The number of ether oxygens (including phenoxy) is 1. The van der Waals surface area contributed by atoms with Crippen LogP contribution in [0, 0.1) is 18.8 Å². The number of carbonyl (C=O) groups is 1. The number of rotatable bonds is 10. The summed E-state index contributed by atoms with van der Waals surface area (Å²) in [7, 11) is 0. The lowest BCUT2D eigenvalue weighted by atomic mass is 9.68. The molecule has 5 aliphatic rings. The number of quaternary nitrogens is 1. The Kier molecular flexibility index (Phi) is 9.02. The van der Waals surface area contributed by atoms with Gasteiger partial charge in [-0.25, -0.2) is 9.78 Å². The number of nitrogens with zero attached hydrogens (tertiary/aromatic N) is 1. The lowest BCUT2D eigenvalue weighted by molar-refractivity contribution is -0.763. The molecule has 1 aromatic heterocycles. The molecule has 7 N–H and O–H groups in total. The second kappa shape index (κ2) is 13.1. The maximum Gasteiger partial charge on any atom is 0.222 e. The van der Waals surface area contributed by atoms with Crippen LogP contribution in [0.15, 0.2) is 49.9 Å². The van der Waals surface area contributed by atoms with Gasteiger partial charge in [0.1, 0.15) is 66.9 Å². The van der Waals surface area contributed by atoms with E-state index >= 15 is 0 Å². The maximum absolute atomic E-state index is 13.3. The van der Waals surface area contributed by atoms with Crippen LogP contribution >= 0.6 is 0 Å². The monoisotopic (exact) mass is 668 g/mol. The van der Waals surface area contributed by atoms with Gasteiger partial charge in [0, 0.05) is 42.8 Å². The van der Waals surface area contributed by atoms with E-state index in [2.05, 4.69) is 10.3 Å².